The zero-order valence-electron chi connectivity index (χ0n) is 17.4. The molecule has 1 N–H and O–H groups in total. The fraction of sp³-hybridized carbons (Fsp3) is 0.261. The average molecular weight is 438 g/mol. The Bertz CT molecular complexity index is 1090. The predicted molar refractivity (Wildman–Crippen MR) is 121 cm³/mol. The molecule has 1 aromatic heterocycles. The van der Waals surface area contributed by atoms with Crippen molar-refractivity contribution in [2.45, 2.75) is 19.8 Å². The van der Waals surface area contributed by atoms with Crippen molar-refractivity contribution in [3.05, 3.63) is 53.4 Å². The van der Waals surface area contributed by atoms with Gasteiger partial charge in [0.15, 0.2) is 5.13 Å². The van der Waals surface area contributed by atoms with Crippen LogP contribution in [-0.4, -0.2) is 37.1 Å². The highest BCUT2D eigenvalue weighted by atomic mass is 32.1. The number of thiazole rings is 1. The van der Waals surface area contributed by atoms with E-state index >= 15 is 0 Å². The first-order chi connectivity index (χ1) is 15.0. The molecule has 8 heteroatoms. The molecule has 0 spiro atoms. The highest BCUT2D eigenvalue weighted by Crippen LogP contribution is 2.32. The highest BCUT2D eigenvalue weighted by molar-refractivity contribution is 7.16. The Hall–Kier alpha value is -3.39. The Kier molecular flexibility index (Phi) is 6.18. The number of rotatable bonds is 6. The monoisotopic (exact) mass is 437 g/mol. The fourth-order valence-corrected chi connectivity index (χ4v) is 4.28. The summed E-state index contributed by atoms with van der Waals surface area (Å²) in [6.45, 7) is 2.89. The first-order valence-corrected chi connectivity index (χ1v) is 10.8. The van der Waals surface area contributed by atoms with E-state index in [1.54, 1.807) is 12.0 Å². The zero-order chi connectivity index (χ0) is 21.8. The molecular weight excluding hydrogens is 414 g/mol. The second-order valence-corrected chi connectivity index (χ2v) is 8.27. The number of methoxy groups -OCH3 is 1. The number of carbonyl (C=O) groups is 2. The van der Waals surface area contributed by atoms with Crippen molar-refractivity contribution in [2.75, 3.05) is 30.5 Å². The third kappa shape index (κ3) is 4.69. The number of fused-ring (bicyclic) bond motifs is 1. The van der Waals surface area contributed by atoms with Gasteiger partial charge in [-0.15, -0.1) is 11.3 Å². The van der Waals surface area contributed by atoms with Gasteiger partial charge in [-0.25, -0.2) is 4.98 Å². The lowest BCUT2D eigenvalue weighted by atomic mass is 10.1. The number of hydrogen-bond donors (Lipinski definition) is 1. The molecular formula is C23H23N3O4S. The number of aryl methyl sites for hydroxylation is 1. The molecule has 160 valence electrons. The van der Waals surface area contributed by atoms with Crippen LogP contribution in [0.5, 0.6) is 11.5 Å². The largest absolute Gasteiger partial charge is 0.497 e. The molecule has 0 saturated heterocycles. The SMILES string of the molecule is COc1ccc(-c2nc(NC(=O)CCC(=O)N3CCOc4ccccc43)sc2C)cc1. The van der Waals surface area contributed by atoms with E-state index in [0.29, 0.717) is 24.0 Å². The summed E-state index contributed by atoms with van der Waals surface area (Å²) in [6.07, 6.45) is 0.213. The Morgan fingerprint density at radius 3 is 2.71 bits per heavy atom. The van der Waals surface area contributed by atoms with Crippen LogP contribution in [0.15, 0.2) is 48.5 Å². The number of para-hydroxylation sites is 2. The van der Waals surface area contributed by atoms with Crippen LogP contribution in [-0.2, 0) is 9.59 Å². The van der Waals surface area contributed by atoms with Crippen LogP contribution in [0.2, 0.25) is 0 Å². The van der Waals surface area contributed by atoms with Gasteiger partial charge in [-0.3, -0.25) is 9.59 Å². The lowest BCUT2D eigenvalue weighted by molar-refractivity contribution is -0.122. The molecule has 1 aliphatic heterocycles. The lowest BCUT2D eigenvalue weighted by Crippen LogP contribution is -2.38. The molecule has 7 nitrogen and oxygen atoms in total. The van der Waals surface area contributed by atoms with E-state index in [9.17, 15) is 9.59 Å². The number of nitrogens with one attached hydrogen (secondary N) is 1. The Morgan fingerprint density at radius 2 is 1.94 bits per heavy atom. The third-order valence-electron chi connectivity index (χ3n) is 5.00. The second-order valence-electron chi connectivity index (χ2n) is 7.06. The van der Waals surface area contributed by atoms with Crippen molar-refractivity contribution in [1.82, 2.24) is 4.98 Å². The fourth-order valence-electron chi connectivity index (χ4n) is 3.43. The van der Waals surface area contributed by atoms with Gasteiger partial charge >= 0.3 is 0 Å². The summed E-state index contributed by atoms with van der Waals surface area (Å²) in [6, 6.07) is 15.1. The van der Waals surface area contributed by atoms with Crippen LogP contribution >= 0.6 is 11.3 Å². The Balaban J connectivity index is 1.36. The smallest absolute Gasteiger partial charge is 0.227 e. The summed E-state index contributed by atoms with van der Waals surface area (Å²) in [5.74, 6) is 1.14. The van der Waals surface area contributed by atoms with Gasteiger partial charge < -0.3 is 19.7 Å². The van der Waals surface area contributed by atoms with Gasteiger partial charge in [0, 0.05) is 23.3 Å². The van der Waals surface area contributed by atoms with E-state index in [2.05, 4.69) is 10.3 Å². The van der Waals surface area contributed by atoms with E-state index in [0.717, 1.165) is 27.6 Å². The summed E-state index contributed by atoms with van der Waals surface area (Å²) in [5.41, 5.74) is 2.53. The zero-order valence-corrected chi connectivity index (χ0v) is 18.2. The van der Waals surface area contributed by atoms with Crippen molar-refractivity contribution in [3.63, 3.8) is 0 Å². The topological polar surface area (TPSA) is 80.8 Å². The van der Waals surface area contributed by atoms with Crippen LogP contribution in [0.25, 0.3) is 11.3 Å². The minimum absolute atomic E-state index is 0.0921. The second kappa shape index (κ2) is 9.18. The molecule has 4 rings (SSSR count). The summed E-state index contributed by atoms with van der Waals surface area (Å²) >= 11 is 1.41. The van der Waals surface area contributed by atoms with Crippen molar-refractivity contribution in [2.24, 2.45) is 0 Å². The van der Waals surface area contributed by atoms with E-state index in [4.69, 9.17) is 9.47 Å². The van der Waals surface area contributed by atoms with Crippen molar-refractivity contribution in [3.8, 4) is 22.8 Å². The molecule has 1 aliphatic rings. The van der Waals surface area contributed by atoms with Crippen LogP contribution in [0.4, 0.5) is 10.8 Å². The normalized spacial score (nSPS) is 12.6. The van der Waals surface area contributed by atoms with Crippen LogP contribution < -0.4 is 19.7 Å². The van der Waals surface area contributed by atoms with Gasteiger partial charge in [-0.2, -0.15) is 0 Å². The van der Waals surface area contributed by atoms with Crippen LogP contribution in [0, 0.1) is 6.92 Å². The predicted octanol–water partition coefficient (Wildman–Crippen LogP) is 4.27. The van der Waals surface area contributed by atoms with Gasteiger partial charge in [0.1, 0.15) is 18.1 Å². The molecule has 0 atom stereocenters. The molecule has 3 aromatic rings. The first-order valence-electron chi connectivity index (χ1n) is 9.99. The molecule has 0 unspecified atom stereocenters. The molecule has 31 heavy (non-hydrogen) atoms. The summed E-state index contributed by atoms with van der Waals surface area (Å²) in [5, 5.41) is 3.35. The lowest BCUT2D eigenvalue weighted by Gasteiger charge is -2.29. The highest BCUT2D eigenvalue weighted by Gasteiger charge is 2.23. The maximum absolute atomic E-state index is 12.7. The number of amides is 2. The Morgan fingerprint density at radius 1 is 1.16 bits per heavy atom. The number of carbonyl (C=O) groups excluding carboxylic acids is 2. The van der Waals surface area contributed by atoms with Gasteiger partial charge in [0.2, 0.25) is 11.8 Å². The van der Waals surface area contributed by atoms with Crippen molar-refractivity contribution < 1.29 is 19.1 Å². The molecule has 0 fully saturated rings. The number of ether oxygens (including phenoxy) is 2. The van der Waals surface area contributed by atoms with E-state index < -0.39 is 0 Å². The van der Waals surface area contributed by atoms with Crippen LogP contribution in [0.3, 0.4) is 0 Å². The van der Waals surface area contributed by atoms with Gasteiger partial charge in [0.05, 0.1) is 25.0 Å². The van der Waals surface area contributed by atoms with Crippen molar-refractivity contribution in [1.29, 1.82) is 0 Å². The van der Waals surface area contributed by atoms with Gasteiger partial charge in [-0.05, 0) is 43.3 Å². The maximum atomic E-state index is 12.7. The van der Waals surface area contributed by atoms with Crippen LogP contribution in [0.1, 0.15) is 17.7 Å². The summed E-state index contributed by atoms with van der Waals surface area (Å²) in [7, 11) is 1.62. The number of anilines is 2. The molecule has 2 heterocycles. The number of benzene rings is 2. The molecule has 2 aromatic carbocycles. The molecule has 0 bridgehead atoms. The van der Waals surface area contributed by atoms with E-state index in [1.165, 1.54) is 11.3 Å². The molecule has 2 amide bonds. The summed E-state index contributed by atoms with van der Waals surface area (Å²) in [4.78, 5) is 32.3. The number of hydrogen-bond acceptors (Lipinski definition) is 6. The number of nitrogens with zero attached hydrogens (tertiary/aromatic N) is 2. The maximum Gasteiger partial charge on any atom is 0.227 e. The quantitative estimate of drug-likeness (QED) is 0.623. The molecule has 0 aliphatic carbocycles. The standard InChI is InChI=1S/C23H23N3O4S/c1-15-22(16-7-9-17(29-2)10-8-16)25-23(31-15)24-20(27)11-12-21(28)26-13-14-30-19-6-4-3-5-18(19)26/h3-10H,11-14H2,1-2H3,(H,24,25,27). The van der Waals surface area contributed by atoms with E-state index in [1.807, 2.05) is 55.5 Å². The van der Waals surface area contributed by atoms with Gasteiger partial charge in [0.25, 0.3) is 0 Å². The summed E-state index contributed by atoms with van der Waals surface area (Å²) < 4.78 is 10.8. The average Bonchev–Trinajstić information content (AvgIpc) is 3.16. The van der Waals surface area contributed by atoms with Crippen molar-refractivity contribution >= 4 is 34.0 Å². The first kappa shape index (κ1) is 20.9. The number of aromatic nitrogens is 1. The van der Waals surface area contributed by atoms with E-state index in [-0.39, 0.29) is 24.7 Å². The Labute approximate surface area is 184 Å². The molecule has 0 saturated carbocycles. The van der Waals surface area contributed by atoms with Gasteiger partial charge in [-0.1, -0.05) is 12.1 Å². The third-order valence-corrected chi connectivity index (χ3v) is 5.89. The minimum Gasteiger partial charge on any atom is -0.497 e. The minimum atomic E-state index is -0.232. The molecule has 0 radical (unpaired) electrons.